The normalized spacial score (nSPS) is 10.6. The fourth-order valence-corrected chi connectivity index (χ4v) is 2.00. The second kappa shape index (κ2) is 4.53. The zero-order valence-corrected chi connectivity index (χ0v) is 10.4. The number of benzene rings is 1. The molecule has 1 aromatic carbocycles. The third kappa shape index (κ3) is 2.06. The number of nitrogen functional groups attached to an aromatic ring is 1. The maximum Gasteiger partial charge on any atom is 0.230 e. The summed E-state index contributed by atoms with van der Waals surface area (Å²) in [5.74, 6) is 0.296. The molecule has 0 aliphatic heterocycles. The maximum absolute atomic E-state index is 5.89. The van der Waals surface area contributed by atoms with E-state index in [9.17, 15) is 0 Å². The van der Waals surface area contributed by atoms with Crippen LogP contribution in [0.3, 0.4) is 0 Å². The van der Waals surface area contributed by atoms with Crippen LogP contribution in [-0.2, 0) is 0 Å². The summed E-state index contributed by atoms with van der Waals surface area (Å²) in [5.41, 5.74) is 10.2. The Kier molecular flexibility index (Phi) is 2.72. The predicted octanol–water partition coefficient (Wildman–Crippen LogP) is 2.69. The second-order valence-corrected chi connectivity index (χ2v) is 4.27. The van der Waals surface area contributed by atoms with Gasteiger partial charge in [-0.3, -0.25) is 0 Å². The van der Waals surface area contributed by atoms with E-state index < -0.39 is 0 Å². The Bertz CT molecular complexity index is 706. The first-order chi connectivity index (χ1) is 9.25. The minimum absolute atomic E-state index is 0.296. The van der Waals surface area contributed by atoms with E-state index in [1.165, 1.54) is 6.33 Å². The third-order valence-electron chi connectivity index (χ3n) is 2.86. The molecular weight excluding hydrogens is 240 g/mol. The van der Waals surface area contributed by atoms with Crippen LogP contribution < -0.4 is 5.73 Å². The molecule has 5 heteroatoms. The SMILES string of the molecule is Cc1cccc(-c2c(-c3cncnc3)noc2N)c1. The second-order valence-electron chi connectivity index (χ2n) is 4.27. The van der Waals surface area contributed by atoms with Crippen molar-refractivity contribution in [3.8, 4) is 22.4 Å². The molecule has 0 radical (unpaired) electrons. The number of hydrogen-bond acceptors (Lipinski definition) is 5. The van der Waals surface area contributed by atoms with Gasteiger partial charge in [0.2, 0.25) is 5.88 Å². The van der Waals surface area contributed by atoms with Crippen LogP contribution in [0.25, 0.3) is 22.4 Å². The molecule has 2 heterocycles. The summed E-state index contributed by atoms with van der Waals surface area (Å²) in [5, 5.41) is 4.01. The van der Waals surface area contributed by atoms with Crippen molar-refractivity contribution in [2.24, 2.45) is 0 Å². The van der Waals surface area contributed by atoms with Crippen molar-refractivity contribution in [1.29, 1.82) is 0 Å². The van der Waals surface area contributed by atoms with Crippen molar-refractivity contribution in [2.75, 3.05) is 5.73 Å². The first kappa shape index (κ1) is 11.4. The predicted molar refractivity (Wildman–Crippen MR) is 72.1 cm³/mol. The average molecular weight is 252 g/mol. The maximum atomic E-state index is 5.89. The molecule has 0 saturated carbocycles. The van der Waals surface area contributed by atoms with E-state index in [4.69, 9.17) is 10.3 Å². The number of anilines is 1. The van der Waals surface area contributed by atoms with Crippen LogP contribution in [0.5, 0.6) is 0 Å². The van der Waals surface area contributed by atoms with Gasteiger partial charge in [-0.1, -0.05) is 35.0 Å². The molecule has 3 aromatic rings. The lowest BCUT2D eigenvalue weighted by Crippen LogP contribution is -1.89. The van der Waals surface area contributed by atoms with Crippen LogP contribution in [0.2, 0.25) is 0 Å². The van der Waals surface area contributed by atoms with Crippen molar-refractivity contribution in [1.82, 2.24) is 15.1 Å². The summed E-state index contributed by atoms with van der Waals surface area (Å²) in [4.78, 5) is 7.98. The molecule has 5 nitrogen and oxygen atoms in total. The van der Waals surface area contributed by atoms with E-state index in [2.05, 4.69) is 15.1 Å². The highest BCUT2D eigenvalue weighted by Crippen LogP contribution is 2.35. The van der Waals surface area contributed by atoms with Gasteiger partial charge in [-0.25, -0.2) is 9.97 Å². The molecule has 0 amide bonds. The van der Waals surface area contributed by atoms with Crippen molar-refractivity contribution in [2.45, 2.75) is 6.92 Å². The highest BCUT2D eigenvalue weighted by molar-refractivity contribution is 5.86. The molecule has 3 rings (SSSR count). The van der Waals surface area contributed by atoms with E-state index in [1.54, 1.807) is 12.4 Å². The van der Waals surface area contributed by atoms with Gasteiger partial charge in [0, 0.05) is 18.0 Å². The summed E-state index contributed by atoms with van der Waals surface area (Å²) < 4.78 is 5.12. The molecule has 0 bridgehead atoms. The summed E-state index contributed by atoms with van der Waals surface area (Å²) in [6.07, 6.45) is 4.84. The van der Waals surface area contributed by atoms with Crippen LogP contribution in [-0.4, -0.2) is 15.1 Å². The Morgan fingerprint density at radius 1 is 1.11 bits per heavy atom. The number of aryl methyl sites for hydroxylation is 1. The number of nitrogens with two attached hydrogens (primary N) is 1. The zero-order chi connectivity index (χ0) is 13.2. The lowest BCUT2D eigenvalue weighted by Gasteiger charge is -2.03. The molecule has 0 unspecified atom stereocenters. The first-order valence-corrected chi connectivity index (χ1v) is 5.83. The van der Waals surface area contributed by atoms with Gasteiger partial charge in [0.15, 0.2) is 0 Å². The molecule has 0 saturated heterocycles. The Balaban J connectivity index is 2.20. The lowest BCUT2D eigenvalue weighted by atomic mass is 10.0. The standard InChI is InChI=1S/C14H12N4O/c1-9-3-2-4-10(5-9)12-13(18-19-14(12)15)11-6-16-8-17-7-11/h2-8H,15H2,1H3. The molecule has 0 aliphatic rings. The molecular formula is C14H12N4O. The Morgan fingerprint density at radius 2 is 1.89 bits per heavy atom. The largest absolute Gasteiger partial charge is 0.367 e. The summed E-state index contributed by atoms with van der Waals surface area (Å²) in [6, 6.07) is 8.01. The monoisotopic (exact) mass is 252 g/mol. The summed E-state index contributed by atoms with van der Waals surface area (Å²) in [6.45, 7) is 2.03. The first-order valence-electron chi connectivity index (χ1n) is 5.83. The molecule has 94 valence electrons. The number of rotatable bonds is 2. The smallest absolute Gasteiger partial charge is 0.230 e. The van der Waals surface area contributed by atoms with Gasteiger partial charge in [0.05, 0.1) is 5.56 Å². The topological polar surface area (TPSA) is 77.8 Å². The molecule has 0 fully saturated rings. The van der Waals surface area contributed by atoms with Gasteiger partial charge >= 0.3 is 0 Å². The van der Waals surface area contributed by atoms with Crippen LogP contribution >= 0.6 is 0 Å². The lowest BCUT2D eigenvalue weighted by molar-refractivity contribution is 0.439. The zero-order valence-electron chi connectivity index (χ0n) is 10.4. The van der Waals surface area contributed by atoms with E-state index in [0.717, 1.165) is 22.3 Å². The van der Waals surface area contributed by atoms with Crippen LogP contribution in [0.15, 0.2) is 47.5 Å². The van der Waals surface area contributed by atoms with Crippen LogP contribution in [0.4, 0.5) is 5.88 Å². The van der Waals surface area contributed by atoms with E-state index in [1.807, 2.05) is 31.2 Å². The summed E-state index contributed by atoms with van der Waals surface area (Å²) in [7, 11) is 0. The molecule has 19 heavy (non-hydrogen) atoms. The van der Waals surface area contributed by atoms with Crippen molar-refractivity contribution in [3.05, 3.63) is 48.5 Å². The molecule has 2 N–H and O–H groups in total. The van der Waals surface area contributed by atoms with E-state index in [0.29, 0.717) is 11.6 Å². The van der Waals surface area contributed by atoms with Gasteiger partial charge in [0.25, 0.3) is 0 Å². The van der Waals surface area contributed by atoms with Crippen molar-refractivity contribution >= 4 is 5.88 Å². The van der Waals surface area contributed by atoms with Crippen molar-refractivity contribution in [3.63, 3.8) is 0 Å². The number of nitrogens with zero attached hydrogens (tertiary/aromatic N) is 3. The van der Waals surface area contributed by atoms with Gasteiger partial charge in [-0.15, -0.1) is 0 Å². The number of aromatic nitrogens is 3. The Labute approximate surface area is 110 Å². The highest BCUT2D eigenvalue weighted by atomic mass is 16.5. The van der Waals surface area contributed by atoms with E-state index in [-0.39, 0.29) is 0 Å². The van der Waals surface area contributed by atoms with Gasteiger partial charge in [-0.2, -0.15) is 0 Å². The minimum atomic E-state index is 0.296. The molecule has 0 atom stereocenters. The Hall–Kier alpha value is -2.69. The fourth-order valence-electron chi connectivity index (χ4n) is 2.00. The number of hydrogen-bond donors (Lipinski definition) is 1. The Morgan fingerprint density at radius 3 is 2.63 bits per heavy atom. The van der Waals surface area contributed by atoms with E-state index >= 15 is 0 Å². The quantitative estimate of drug-likeness (QED) is 0.758. The minimum Gasteiger partial charge on any atom is -0.367 e. The van der Waals surface area contributed by atoms with Gasteiger partial charge in [-0.05, 0) is 12.5 Å². The highest BCUT2D eigenvalue weighted by Gasteiger charge is 2.17. The van der Waals surface area contributed by atoms with Crippen LogP contribution in [0.1, 0.15) is 5.56 Å². The van der Waals surface area contributed by atoms with Gasteiger partial charge < -0.3 is 10.3 Å². The van der Waals surface area contributed by atoms with Crippen LogP contribution in [0, 0.1) is 6.92 Å². The third-order valence-corrected chi connectivity index (χ3v) is 2.86. The molecule has 2 aromatic heterocycles. The van der Waals surface area contributed by atoms with Crippen molar-refractivity contribution < 1.29 is 4.52 Å². The fraction of sp³-hybridized carbons (Fsp3) is 0.0714. The average Bonchev–Trinajstić information content (AvgIpc) is 2.82. The summed E-state index contributed by atoms with van der Waals surface area (Å²) >= 11 is 0. The molecule has 0 spiro atoms. The molecule has 0 aliphatic carbocycles. The van der Waals surface area contributed by atoms with Gasteiger partial charge in [0.1, 0.15) is 12.0 Å².